The smallest absolute Gasteiger partial charge is 0.132 e. The van der Waals surface area contributed by atoms with E-state index < -0.39 is 0 Å². The molecular formula is C19H26N4O. The van der Waals surface area contributed by atoms with Crippen LogP contribution in [-0.4, -0.2) is 43.3 Å². The molecule has 5 nitrogen and oxygen atoms in total. The van der Waals surface area contributed by atoms with Crippen molar-refractivity contribution in [3.63, 3.8) is 0 Å². The van der Waals surface area contributed by atoms with Gasteiger partial charge in [0.15, 0.2) is 0 Å². The van der Waals surface area contributed by atoms with E-state index in [1.54, 1.807) is 7.11 Å². The molecule has 1 saturated heterocycles. The molecule has 1 aromatic carbocycles. The van der Waals surface area contributed by atoms with Gasteiger partial charge in [0, 0.05) is 50.0 Å². The maximum absolute atomic E-state index is 5.23. The normalized spacial score (nSPS) is 14.8. The van der Waals surface area contributed by atoms with Crippen LogP contribution in [-0.2, 0) is 6.42 Å². The van der Waals surface area contributed by atoms with Crippen LogP contribution in [0.15, 0.2) is 30.3 Å². The van der Waals surface area contributed by atoms with E-state index in [-0.39, 0.29) is 0 Å². The van der Waals surface area contributed by atoms with Gasteiger partial charge in [-0.1, -0.05) is 6.92 Å². The molecule has 1 fully saturated rings. The van der Waals surface area contributed by atoms with E-state index in [0.29, 0.717) is 0 Å². The van der Waals surface area contributed by atoms with Crippen molar-refractivity contribution >= 4 is 11.5 Å². The summed E-state index contributed by atoms with van der Waals surface area (Å²) >= 11 is 0. The van der Waals surface area contributed by atoms with E-state index in [1.807, 2.05) is 12.1 Å². The summed E-state index contributed by atoms with van der Waals surface area (Å²) in [6, 6.07) is 10.4. The van der Waals surface area contributed by atoms with Crippen molar-refractivity contribution in [2.45, 2.75) is 26.7 Å². The lowest BCUT2D eigenvalue weighted by atomic mass is 10.2. The minimum Gasteiger partial charge on any atom is -0.497 e. The van der Waals surface area contributed by atoms with Crippen LogP contribution in [0.5, 0.6) is 5.75 Å². The number of benzene rings is 1. The summed E-state index contributed by atoms with van der Waals surface area (Å²) in [6.45, 7) is 8.18. The number of piperazine rings is 1. The third-order valence-corrected chi connectivity index (χ3v) is 4.40. The van der Waals surface area contributed by atoms with Crippen molar-refractivity contribution in [2.75, 3.05) is 43.1 Å². The standard InChI is InChI=1S/C19H26N4O/c1-4-5-18-20-15(2)14-19(21-18)23-12-10-22(11-13-23)16-6-8-17(24-3)9-7-16/h6-9,14H,4-5,10-13H2,1-3H3. The van der Waals surface area contributed by atoms with E-state index in [0.717, 1.165) is 62.1 Å². The van der Waals surface area contributed by atoms with Crippen LogP contribution in [0.4, 0.5) is 11.5 Å². The molecule has 0 spiro atoms. The first-order valence-corrected chi connectivity index (χ1v) is 8.68. The Morgan fingerprint density at radius 2 is 1.67 bits per heavy atom. The number of nitrogens with zero attached hydrogens (tertiary/aromatic N) is 4. The van der Waals surface area contributed by atoms with Crippen LogP contribution in [0.1, 0.15) is 24.9 Å². The Morgan fingerprint density at radius 3 is 2.29 bits per heavy atom. The quantitative estimate of drug-likeness (QED) is 0.844. The summed E-state index contributed by atoms with van der Waals surface area (Å²) in [5, 5.41) is 0. The zero-order valence-corrected chi connectivity index (χ0v) is 14.8. The highest BCUT2D eigenvalue weighted by molar-refractivity contribution is 5.51. The molecular weight excluding hydrogens is 300 g/mol. The lowest BCUT2D eigenvalue weighted by Gasteiger charge is -2.37. The number of anilines is 2. The van der Waals surface area contributed by atoms with Crippen LogP contribution in [0.25, 0.3) is 0 Å². The third-order valence-electron chi connectivity index (χ3n) is 4.40. The van der Waals surface area contributed by atoms with Crippen LogP contribution in [0, 0.1) is 6.92 Å². The third kappa shape index (κ3) is 3.78. The van der Waals surface area contributed by atoms with Gasteiger partial charge in [-0.3, -0.25) is 0 Å². The van der Waals surface area contributed by atoms with Gasteiger partial charge in [0.05, 0.1) is 7.11 Å². The first-order chi connectivity index (χ1) is 11.7. The van der Waals surface area contributed by atoms with Crippen molar-refractivity contribution in [3.8, 4) is 5.75 Å². The van der Waals surface area contributed by atoms with E-state index >= 15 is 0 Å². The number of ether oxygens (including phenoxy) is 1. The molecule has 5 heteroatoms. The van der Waals surface area contributed by atoms with Gasteiger partial charge in [-0.25, -0.2) is 9.97 Å². The minimum atomic E-state index is 0.900. The van der Waals surface area contributed by atoms with Crippen molar-refractivity contribution < 1.29 is 4.74 Å². The van der Waals surface area contributed by atoms with Crippen molar-refractivity contribution in [3.05, 3.63) is 41.9 Å². The molecule has 0 saturated carbocycles. The SMILES string of the molecule is CCCc1nc(C)cc(N2CCN(c3ccc(OC)cc3)CC2)n1. The molecule has 2 heterocycles. The van der Waals surface area contributed by atoms with Crippen LogP contribution in [0.3, 0.4) is 0 Å². The molecule has 0 amide bonds. The Hall–Kier alpha value is -2.30. The van der Waals surface area contributed by atoms with Crippen molar-refractivity contribution in [1.29, 1.82) is 0 Å². The predicted octanol–water partition coefficient (Wildman–Crippen LogP) is 3.07. The number of aryl methyl sites for hydroxylation is 2. The number of hydrogen-bond donors (Lipinski definition) is 0. The second-order valence-corrected chi connectivity index (χ2v) is 6.21. The number of methoxy groups -OCH3 is 1. The fraction of sp³-hybridized carbons (Fsp3) is 0.474. The highest BCUT2D eigenvalue weighted by Gasteiger charge is 2.19. The first-order valence-electron chi connectivity index (χ1n) is 8.68. The molecule has 0 atom stereocenters. The highest BCUT2D eigenvalue weighted by atomic mass is 16.5. The fourth-order valence-electron chi connectivity index (χ4n) is 3.10. The van der Waals surface area contributed by atoms with Gasteiger partial charge in [0.1, 0.15) is 17.4 Å². The Labute approximate surface area is 144 Å². The summed E-state index contributed by atoms with van der Waals surface area (Å²) in [4.78, 5) is 14.1. The second-order valence-electron chi connectivity index (χ2n) is 6.21. The minimum absolute atomic E-state index is 0.900. The van der Waals surface area contributed by atoms with Crippen molar-refractivity contribution in [1.82, 2.24) is 9.97 Å². The van der Waals surface area contributed by atoms with Gasteiger partial charge in [-0.05, 0) is 37.6 Å². The monoisotopic (exact) mass is 326 g/mol. The molecule has 0 bridgehead atoms. The lowest BCUT2D eigenvalue weighted by molar-refractivity contribution is 0.415. The van der Waals surface area contributed by atoms with Gasteiger partial charge in [-0.2, -0.15) is 0 Å². The Balaban J connectivity index is 1.66. The van der Waals surface area contributed by atoms with E-state index in [2.05, 4.69) is 46.8 Å². The summed E-state index contributed by atoms with van der Waals surface area (Å²) in [6.07, 6.45) is 2.02. The topological polar surface area (TPSA) is 41.5 Å². The largest absolute Gasteiger partial charge is 0.497 e. The average Bonchev–Trinajstić information content (AvgIpc) is 2.62. The Kier molecular flexibility index (Phi) is 5.18. The van der Waals surface area contributed by atoms with Gasteiger partial charge >= 0.3 is 0 Å². The first kappa shape index (κ1) is 16.6. The molecule has 0 N–H and O–H groups in total. The molecule has 128 valence electrons. The molecule has 2 aromatic rings. The van der Waals surface area contributed by atoms with Crippen LogP contribution in [0.2, 0.25) is 0 Å². The molecule has 0 radical (unpaired) electrons. The molecule has 1 aliphatic heterocycles. The molecule has 0 unspecified atom stereocenters. The summed E-state index contributed by atoms with van der Waals surface area (Å²) in [7, 11) is 1.70. The van der Waals surface area contributed by atoms with Crippen molar-refractivity contribution in [2.24, 2.45) is 0 Å². The summed E-state index contributed by atoms with van der Waals surface area (Å²) in [5.74, 6) is 2.93. The summed E-state index contributed by atoms with van der Waals surface area (Å²) < 4.78 is 5.23. The molecule has 1 aromatic heterocycles. The summed E-state index contributed by atoms with van der Waals surface area (Å²) in [5.41, 5.74) is 2.31. The number of aromatic nitrogens is 2. The zero-order valence-electron chi connectivity index (χ0n) is 14.8. The lowest BCUT2D eigenvalue weighted by Crippen LogP contribution is -2.47. The molecule has 0 aliphatic carbocycles. The van der Waals surface area contributed by atoms with Gasteiger partial charge in [0.25, 0.3) is 0 Å². The second kappa shape index (κ2) is 7.51. The van der Waals surface area contributed by atoms with Gasteiger partial charge < -0.3 is 14.5 Å². The Bertz CT molecular complexity index is 664. The molecule has 3 rings (SSSR count). The van der Waals surface area contributed by atoms with Crippen LogP contribution >= 0.6 is 0 Å². The van der Waals surface area contributed by atoms with E-state index in [1.165, 1.54) is 5.69 Å². The molecule has 24 heavy (non-hydrogen) atoms. The predicted molar refractivity (Wildman–Crippen MR) is 98.2 cm³/mol. The Morgan fingerprint density at radius 1 is 1.00 bits per heavy atom. The van der Waals surface area contributed by atoms with Gasteiger partial charge in [-0.15, -0.1) is 0 Å². The van der Waals surface area contributed by atoms with Crippen LogP contribution < -0.4 is 14.5 Å². The maximum Gasteiger partial charge on any atom is 0.132 e. The number of rotatable bonds is 5. The number of hydrogen-bond acceptors (Lipinski definition) is 5. The maximum atomic E-state index is 5.23. The molecule has 1 aliphatic rings. The van der Waals surface area contributed by atoms with E-state index in [4.69, 9.17) is 9.72 Å². The highest BCUT2D eigenvalue weighted by Crippen LogP contribution is 2.22. The van der Waals surface area contributed by atoms with Gasteiger partial charge in [0.2, 0.25) is 0 Å². The average molecular weight is 326 g/mol. The fourth-order valence-corrected chi connectivity index (χ4v) is 3.10. The van der Waals surface area contributed by atoms with E-state index in [9.17, 15) is 0 Å². The zero-order chi connectivity index (χ0) is 16.9.